The van der Waals surface area contributed by atoms with Crippen molar-refractivity contribution in [2.45, 2.75) is 26.2 Å². The fourth-order valence-corrected chi connectivity index (χ4v) is 3.29. The zero-order valence-corrected chi connectivity index (χ0v) is 19.3. The summed E-state index contributed by atoms with van der Waals surface area (Å²) in [6, 6.07) is 9.72. The number of methoxy groups -OCH3 is 1. The van der Waals surface area contributed by atoms with Crippen molar-refractivity contribution in [2.24, 2.45) is 5.92 Å². The van der Waals surface area contributed by atoms with Gasteiger partial charge in [-0.2, -0.15) is 0 Å². The number of esters is 1. The van der Waals surface area contributed by atoms with E-state index in [1.54, 1.807) is 4.90 Å². The minimum Gasteiger partial charge on any atom is -0.493 e. The van der Waals surface area contributed by atoms with Gasteiger partial charge in [0.15, 0.2) is 24.7 Å². The summed E-state index contributed by atoms with van der Waals surface area (Å²) in [5.41, 5.74) is 0.626. The van der Waals surface area contributed by atoms with Gasteiger partial charge in [-0.25, -0.2) is 9.18 Å². The minimum absolute atomic E-state index is 0.192. The summed E-state index contributed by atoms with van der Waals surface area (Å²) in [4.78, 5) is 38.7. The van der Waals surface area contributed by atoms with Crippen molar-refractivity contribution in [3.63, 3.8) is 0 Å². The van der Waals surface area contributed by atoms with E-state index < -0.39 is 17.7 Å². The average Bonchev–Trinajstić information content (AvgIpc) is 3.66. The summed E-state index contributed by atoms with van der Waals surface area (Å²) < 4.78 is 28.9. The van der Waals surface area contributed by atoms with Crippen LogP contribution in [0.4, 0.5) is 10.1 Å². The van der Waals surface area contributed by atoms with Crippen molar-refractivity contribution in [1.82, 2.24) is 4.90 Å². The first kappa shape index (κ1) is 25.0. The summed E-state index contributed by atoms with van der Waals surface area (Å²) in [5.74, 6) is -0.672. The summed E-state index contributed by atoms with van der Waals surface area (Å²) in [5, 5.41) is 2.59. The molecule has 0 saturated heterocycles. The zero-order chi connectivity index (χ0) is 24.5. The van der Waals surface area contributed by atoms with E-state index in [4.69, 9.17) is 14.2 Å². The van der Waals surface area contributed by atoms with E-state index in [2.05, 4.69) is 5.32 Å². The Balaban J connectivity index is 1.52. The Hall–Kier alpha value is -3.62. The lowest BCUT2D eigenvalue weighted by atomic mass is 10.2. The molecule has 3 rings (SSSR count). The van der Waals surface area contributed by atoms with Gasteiger partial charge < -0.3 is 24.4 Å². The summed E-state index contributed by atoms with van der Waals surface area (Å²) >= 11 is 0. The van der Waals surface area contributed by atoms with Crippen LogP contribution < -0.4 is 14.8 Å². The van der Waals surface area contributed by atoms with E-state index in [0.717, 1.165) is 19.3 Å². The Morgan fingerprint density at radius 3 is 2.44 bits per heavy atom. The Morgan fingerprint density at radius 2 is 1.79 bits per heavy atom. The van der Waals surface area contributed by atoms with Crippen LogP contribution in [0.1, 0.15) is 36.5 Å². The van der Waals surface area contributed by atoms with Gasteiger partial charge in [0.25, 0.3) is 11.8 Å². The average molecular weight is 473 g/mol. The second kappa shape index (κ2) is 12.0. The summed E-state index contributed by atoms with van der Waals surface area (Å²) in [6.45, 7) is 2.71. The number of amides is 2. The first-order chi connectivity index (χ1) is 16.4. The Bertz CT molecular complexity index is 1010. The van der Waals surface area contributed by atoms with Gasteiger partial charge >= 0.3 is 5.97 Å². The van der Waals surface area contributed by atoms with Gasteiger partial charge in [0.1, 0.15) is 5.82 Å². The molecule has 1 N–H and O–H groups in total. The predicted molar refractivity (Wildman–Crippen MR) is 123 cm³/mol. The molecule has 0 spiro atoms. The number of halogens is 1. The maximum absolute atomic E-state index is 13.0. The lowest BCUT2D eigenvalue weighted by Crippen LogP contribution is -2.36. The SMILES string of the molecule is CCCN(CC1CC1)C(=O)COC(=O)c1ccc(OCC(=O)Nc2ccc(F)cc2)c(OC)c1. The fourth-order valence-electron chi connectivity index (χ4n) is 3.29. The number of rotatable bonds is 12. The number of anilines is 1. The van der Waals surface area contributed by atoms with Crippen LogP contribution in [0.15, 0.2) is 42.5 Å². The number of carbonyl (C=O) groups is 3. The smallest absolute Gasteiger partial charge is 0.338 e. The lowest BCUT2D eigenvalue weighted by molar-refractivity contribution is -0.134. The molecular formula is C25H29FN2O6. The van der Waals surface area contributed by atoms with Crippen LogP contribution in [-0.4, -0.2) is 56.1 Å². The Labute approximate surface area is 198 Å². The predicted octanol–water partition coefficient (Wildman–Crippen LogP) is 3.66. The summed E-state index contributed by atoms with van der Waals surface area (Å²) in [6.07, 6.45) is 3.11. The molecular weight excluding hydrogens is 443 g/mol. The van der Waals surface area contributed by atoms with Gasteiger partial charge in [0.05, 0.1) is 12.7 Å². The number of benzene rings is 2. The second-order valence-electron chi connectivity index (χ2n) is 8.07. The minimum atomic E-state index is -0.657. The van der Waals surface area contributed by atoms with Gasteiger partial charge in [0.2, 0.25) is 0 Å². The molecule has 2 aromatic carbocycles. The van der Waals surface area contributed by atoms with Crippen LogP contribution in [0.25, 0.3) is 0 Å². The van der Waals surface area contributed by atoms with Gasteiger partial charge in [-0.1, -0.05) is 6.92 Å². The van der Waals surface area contributed by atoms with Crippen molar-refractivity contribution in [1.29, 1.82) is 0 Å². The number of hydrogen-bond donors (Lipinski definition) is 1. The molecule has 1 fully saturated rings. The molecule has 0 aromatic heterocycles. The van der Waals surface area contributed by atoms with Crippen molar-refractivity contribution in [2.75, 3.05) is 38.7 Å². The third kappa shape index (κ3) is 7.47. The molecule has 2 amide bonds. The normalized spacial score (nSPS) is 12.6. The van der Waals surface area contributed by atoms with Gasteiger partial charge in [-0.3, -0.25) is 9.59 Å². The molecule has 9 heteroatoms. The molecule has 8 nitrogen and oxygen atoms in total. The molecule has 0 unspecified atom stereocenters. The number of ether oxygens (including phenoxy) is 3. The third-order valence-corrected chi connectivity index (χ3v) is 5.23. The maximum Gasteiger partial charge on any atom is 0.338 e. The zero-order valence-electron chi connectivity index (χ0n) is 19.3. The largest absolute Gasteiger partial charge is 0.493 e. The van der Waals surface area contributed by atoms with Crippen LogP contribution >= 0.6 is 0 Å². The summed E-state index contributed by atoms with van der Waals surface area (Å²) in [7, 11) is 1.40. The highest BCUT2D eigenvalue weighted by Crippen LogP contribution is 2.30. The van der Waals surface area contributed by atoms with Crippen molar-refractivity contribution < 1.29 is 33.0 Å². The van der Waals surface area contributed by atoms with Crippen molar-refractivity contribution >= 4 is 23.5 Å². The number of nitrogens with one attached hydrogen (secondary N) is 1. The van der Waals surface area contributed by atoms with Gasteiger partial charge in [-0.05, 0) is 67.6 Å². The van der Waals surface area contributed by atoms with E-state index in [9.17, 15) is 18.8 Å². The third-order valence-electron chi connectivity index (χ3n) is 5.23. The monoisotopic (exact) mass is 472 g/mol. The molecule has 1 aliphatic rings. The standard InChI is InChI=1S/C25H29FN2O6/c1-3-12-28(14-17-4-5-17)24(30)16-34-25(31)18-6-11-21(22(13-18)32-2)33-15-23(29)27-20-9-7-19(26)8-10-20/h6-11,13,17H,3-5,12,14-16H2,1-2H3,(H,27,29). The van der Waals surface area contributed by atoms with E-state index in [1.165, 1.54) is 49.6 Å². The van der Waals surface area contributed by atoms with Gasteiger partial charge in [0, 0.05) is 18.8 Å². The highest BCUT2D eigenvalue weighted by atomic mass is 19.1. The molecule has 0 radical (unpaired) electrons. The van der Waals surface area contributed by atoms with Crippen LogP contribution in [0.2, 0.25) is 0 Å². The van der Waals surface area contributed by atoms with E-state index >= 15 is 0 Å². The first-order valence-electron chi connectivity index (χ1n) is 11.2. The fraction of sp³-hybridized carbons (Fsp3) is 0.400. The first-order valence-corrected chi connectivity index (χ1v) is 11.2. The van der Waals surface area contributed by atoms with E-state index in [-0.39, 0.29) is 36.2 Å². The molecule has 0 heterocycles. The van der Waals surface area contributed by atoms with Crippen LogP contribution in [-0.2, 0) is 14.3 Å². The molecule has 0 aliphatic heterocycles. The van der Waals surface area contributed by atoms with E-state index in [0.29, 0.717) is 24.7 Å². The number of carbonyl (C=O) groups excluding carboxylic acids is 3. The maximum atomic E-state index is 13.0. The molecule has 1 saturated carbocycles. The van der Waals surface area contributed by atoms with Gasteiger partial charge in [-0.15, -0.1) is 0 Å². The highest BCUT2D eigenvalue weighted by Gasteiger charge is 2.27. The lowest BCUT2D eigenvalue weighted by Gasteiger charge is -2.21. The van der Waals surface area contributed by atoms with Crippen molar-refractivity contribution in [3.05, 3.63) is 53.8 Å². The second-order valence-corrected chi connectivity index (χ2v) is 8.07. The molecule has 1 aliphatic carbocycles. The molecule has 34 heavy (non-hydrogen) atoms. The number of nitrogens with zero attached hydrogens (tertiary/aromatic N) is 1. The Morgan fingerprint density at radius 1 is 1.06 bits per heavy atom. The van der Waals surface area contributed by atoms with Crippen LogP contribution in [0.5, 0.6) is 11.5 Å². The van der Waals surface area contributed by atoms with Crippen molar-refractivity contribution in [3.8, 4) is 11.5 Å². The molecule has 182 valence electrons. The van der Waals surface area contributed by atoms with E-state index in [1.807, 2.05) is 6.92 Å². The Kier molecular flexibility index (Phi) is 8.84. The van der Waals surface area contributed by atoms with Crippen LogP contribution in [0.3, 0.4) is 0 Å². The molecule has 0 atom stereocenters. The molecule has 0 bridgehead atoms. The van der Waals surface area contributed by atoms with Crippen LogP contribution in [0, 0.1) is 11.7 Å². The highest BCUT2D eigenvalue weighted by molar-refractivity contribution is 5.93. The molecule has 2 aromatic rings. The quantitative estimate of drug-likeness (QED) is 0.474. The number of hydrogen-bond acceptors (Lipinski definition) is 6. The topological polar surface area (TPSA) is 94.2 Å².